The molecule has 2 rings (SSSR count). The molecule has 0 bridgehead atoms. The Bertz CT molecular complexity index is 485. The van der Waals surface area contributed by atoms with Crippen LogP contribution in [0.3, 0.4) is 0 Å². The summed E-state index contributed by atoms with van der Waals surface area (Å²) in [5.74, 6) is 1.48. The molecule has 0 amide bonds. The highest BCUT2D eigenvalue weighted by Gasteiger charge is 2.16. The predicted octanol–water partition coefficient (Wildman–Crippen LogP) is 3.78. The monoisotopic (exact) mass is 431 g/mol. The summed E-state index contributed by atoms with van der Waals surface area (Å²) in [5.41, 5.74) is 8.57. The Balaban J connectivity index is 0.00000264. The summed E-state index contributed by atoms with van der Waals surface area (Å²) in [7, 11) is 0. The summed E-state index contributed by atoms with van der Waals surface area (Å²) < 4.78 is 5.65. The van der Waals surface area contributed by atoms with E-state index in [1.54, 1.807) is 0 Å². The van der Waals surface area contributed by atoms with Crippen molar-refractivity contribution < 1.29 is 4.74 Å². The first kappa shape index (κ1) is 20.2. The molecule has 1 aromatic carbocycles. The quantitative estimate of drug-likeness (QED) is 0.323. The molecule has 1 aliphatic rings. The minimum Gasteiger partial charge on any atom is -0.377 e. The average Bonchev–Trinajstić information content (AvgIpc) is 2.54. The summed E-state index contributed by atoms with van der Waals surface area (Å²) in [6.45, 7) is 8.55. The van der Waals surface area contributed by atoms with E-state index in [-0.39, 0.29) is 24.0 Å². The molecule has 0 aromatic heterocycles. The molecule has 0 radical (unpaired) electrons. The van der Waals surface area contributed by atoms with Crippen molar-refractivity contribution in [3.05, 3.63) is 35.4 Å². The zero-order chi connectivity index (χ0) is 15.8. The number of piperidine rings is 1. The first-order chi connectivity index (χ1) is 10.7. The molecule has 1 heterocycles. The number of likely N-dealkylation sites (tertiary alicyclic amines) is 1. The van der Waals surface area contributed by atoms with Crippen LogP contribution >= 0.6 is 24.0 Å². The van der Waals surface area contributed by atoms with Gasteiger partial charge in [0.15, 0.2) is 5.96 Å². The van der Waals surface area contributed by atoms with Crippen LogP contribution in [0.1, 0.15) is 44.2 Å². The van der Waals surface area contributed by atoms with E-state index in [9.17, 15) is 0 Å². The minimum absolute atomic E-state index is 0. The van der Waals surface area contributed by atoms with Crippen LogP contribution in [-0.4, -0.2) is 30.6 Å². The molecule has 0 unspecified atom stereocenters. The third-order valence-electron chi connectivity index (χ3n) is 4.24. The van der Waals surface area contributed by atoms with Gasteiger partial charge in [-0.05, 0) is 36.3 Å². The van der Waals surface area contributed by atoms with E-state index >= 15 is 0 Å². The van der Waals surface area contributed by atoms with Crippen molar-refractivity contribution >= 4 is 29.9 Å². The van der Waals surface area contributed by atoms with E-state index in [0.29, 0.717) is 19.1 Å². The van der Waals surface area contributed by atoms with E-state index in [4.69, 9.17) is 10.5 Å². The molecule has 1 saturated heterocycles. The van der Waals surface area contributed by atoms with Crippen LogP contribution < -0.4 is 5.73 Å². The van der Waals surface area contributed by atoms with Crippen LogP contribution in [0.5, 0.6) is 0 Å². The number of nitrogens with two attached hydrogens (primary N) is 1. The molecule has 5 heteroatoms. The van der Waals surface area contributed by atoms with Crippen LogP contribution in [-0.2, 0) is 17.9 Å². The van der Waals surface area contributed by atoms with Crippen molar-refractivity contribution in [1.29, 1.82) is 0 Å². The number of benzene rings is 1. The molecular formula is C18H30IN3O. The Morgan fingerprint density at radius 1 is 1.26 bits per heavy atom. The molecule has 0 aliphatic carbocycles. The van der Waals surface area contributed by atoms with Crippen LogP contribution in [0, 0.1) is 5.92 Å². The average molecular weight is 431 g/mol. The van der Waals surface area contributed by atoms with Gasteiger partial charge in [-0.2, -0.15) is 0 Å². The first-order valence-corrected chi connectivity index (χ1v) is 8.40. The summed E-state index contributed by atoms with van der Waals surface area (Å²) in [4.78, 5) is 6.80. The fourth-order valence-electron chi connectivity index (χ4n) is 2.68. The molecule has 0 atom stereocenters. The maximum absolute atomic E-state index is 6.16. The molecule has 0 saturated carbocycles. The summed E-state index contributed by atoms with van der Waals surface area (Å²) in [6, 6.07) is 8.32. The number of halogens is 1. The van der Waals surface area contributed by atoms with E-state index < -0.39 is 0 Å². The van der Waals surface area contributed by atoms with Crippen molar-refractivity contribution in [3.63, 3.8) is 0 Å². The normalized spacial score (nSPS) is 16.3. The maximum atomic E-state index is 6.16. The predicted molar refractivity (Wildman–Crippen MR) is 107 cm³/mol. The summed E-state index contributed by atoms with van der Waals surface area (Å²) in [5, 5.41) is 0. The highest BCUT2D eigenvalue weighted by Crippen LogP contribution is 2.16. The zero-order valence-electron chi connectivity index (χ0n) is 14.3. The second-order valence-electron chi connectivity index (χ2n) is 6.17. The summed E-state index contributed by atoms with van der Waals surface area (Å²) >= 11 is 0. The fraction of sp³-hybridized carbons (Fsp3) is 0.611. The van der Waals surface area contributed by atoms with Crippen LogP contribution in [0.25, 0.3) is 0 Å². The largest absolute Gasteiger partial charge is 0.377 e. The van der Waals surface area contributed by atoms with Gasteiger partial charge in [0.1, 0.15) is 0 Å². The van der Waals surface area contributed by atoms with Gasteiger partial charge in [-0.3, -0.25) is 0 Å². The Morgan fingerprint density at radius 3 is 2.57 bits per heavy atom. The lowest BCUT2D eigenvalue weighted by molar-refractivity contribution is 0.121. The number of aliphatic imine (C=N–C) groups is 1. The van der Waals surface area contributed by atoms with Crippen molar-refractivity contribution in [2.24, 2.45) is 16.6 Å². The van der Waals surface area contributed by atoms with E-state index in [0.717, 1.165) is 32.0 Å². The Hall–Kier alpha value is -0.820. The number of hydrogen-bond donors (Lipinski definition) is 1. The molecule has 23 heavy (non-hydrogen) atoms. The van der Waals surface area contributed by atoms with Gasteiger partial charge in [0, 0.05) is 19.7 Å². The topological polar surface area (TPSA) is 50.9 Å². The first-order valence-electron chi connectivity index (χ1n) is 8.40. The van der Waals surface area contributed by atoms with Gasteiger partial charge >= 0.3 is 0 Å². The van der Waals surface area contributed by atoms with Crippen molar-refractivity contribution in [2.45, 2.75) is 46.3 Å². The van der Waals surface area contributed by atoms with Gasteiger partial charge < -0.3 is 15.4 Å². The number of ether oxygens (including phenoxy) is 1. The van der Waals surface area contributed by atoms with Crippen LogP contribution in [0.15, 0.2) is 29.3 Å². The second kappa shape index (κ2) is 10.9. The molecule has 1 fully saturated rings. The number of nitrogens with zero attached hydrogens (tertiary/aromatic N) is 2. The lowest BCUT2D eigenvalue weighted by Crippen LogP contribution is -2.42. The van der Waals surface area contributed by atoms with E-state index in [1.165, 1.54) is 24.0 Å². The van der Waals surface area contributed by atoms with Gasteiger partial charge in [-0.25, -0.2) is 4.99 Å². The van der Waals surface area contributed by atoms with Crippen molar-refractivity contribution in [3.8, 4) is 0 Å². The Labute approximate surface area is 157 Å². The molecule has 0 spiro atoms. The van der Waals surface area contributed by atoms with Gasteiger partial charge in [-0.15, -0.1) is 24.0 Å². The molecule has 4 nitrogen and oxygen atoms in total. The summed E-state index contributed by atoms with van der Waals surface area (Å²) in [6.07, 6.45) is 3.45. The standard InChI is InChI=1S/C18H29N3O.HI/c1-3-12-22-14-17-7-5-4-6-16(17)13-20-18(19)21-10-8-15(2)9-11-21;/h4-7,15H,3,8-14H2,1-2H3,(H2,19,20);1H. The zero-order valence-corrected chi connectivity index (χ0v) is 16.7. The molecular weight excluding hydrogens is 401 g/mol. The Morgan fingerprint density at radius 2 is 1.91 bits per heavy atom. The third kappa shape index (κ3) is 6.67. The van der Waals surface area contributed by atoms with Gasteiger partial charge in [-0.1, -0.05) is 38.1 Å². The Kier molecular flexibility index (Phi) is 9.55. The highest BCUT2D eigenvalue weighted by atomic mass is 127. The van der Waals surface area contributed by atoms with Crippen LogP contribution in [0.4, 0.5) is 0 Å². The van der Waals surface area contributed by atoms with E-state index in [1.807, 2.05) is 12.1 Å². The van der Waals surface area contributed by atoms with Gasteiger partial charge in [0.2, 0.25) is 0 Å². The highest BCUT2D eigenvalue weighted by molar-refractivity contribution is 14.0. The number of rotatable bonds is 6. The maximum Gasteiger partial charge on any atom is 0.191 e. The number of guanidine groups is 1. The lowest BCUT2D eigenvalue weighted by Gasteiger charge is -2.31. The molecule has 2 N–H and O–H groups in total. The smallest absolute Gasteiger partial charge is 0.191 e. The molecule has 130 valence electrons. The van der Waals surface area contributed by atoms with Crippen molar-refractivity contribution in [2.75, 3.05) is 19.7 Å². The van der Waals surface area contributed by atoms with Crippen molar-refractivity contribution in [1.82, 2.24) is 4.90 Å². The van der Waals surface area contributed by atoms with Gasteiger partial charge in [0.05, 0.1) is 13.2 Å². The van der Waals surface area contributed by atoms with Crippen LogP contribution in [0.2, 0.25) is 0 Å². The minimum atomic E-state index is 0. The third-order valence-corrected chi connectivity index (χ3v) is 4.24. The number of hydrogen-bond acceptors (Lipinski definition) is 2. The van der Waals surface area contributed by atoms with Gasteiger partial charge in [0.25, 0.3) is 0 Å². The fourth-order valence-corrected chi connectivity index (χ4v) is 2.68. The SMILES string of the molecule is CCCOCc1ccccc1CN=C(N)N1CCC(C)CC1.I. The second-order valence-corrected chi connectivity index (χ2v) is 6.17. The lowest BCUT2D eigenvalue weighted by atomic mass is 10.00. The molecule has 1 aliphatic heterocycles. The molecule has 1 aromatic rings. The van der Waals surface area contributed by atoms with E-state index in [2.05, 4.69) is 35.9 Å².